The van der Waals surface area contributed by atoms with Gasteiger partial charge < -0.3 is 10.5 Å². The van der Waals surface area contributed by atoms with Crippen LogP contribution in [0.4, 0.5) is 5.69 Å². The smallest absolute Gasteiger partial charge is 0.355 e. The number of esters is 1. The number of nitrogens with zero attached hydrogens (tertiary/aromatic N) is 3. The third kappa shape index (κ3) is 5.97. The molecule has 0 bridgehead atoms. The van der Waals surface area contributed by atoms with Crippen LogP contribution in [0.3, 0.4) is 0 Å². The first-order valence-electron chi connectivity index (χ1n) is 9.42. The van der Waals surface area contributed by atoms with E-state index in [-0.39, 0.29) is 38.8 Å². The highest BCUT2D eigenvalue weighted by molar-refractivity contribution is 7.90. The fourth-order valence-corrected chi connectivity index (χ4v) is 4.37. The number of benzene rings is 2. The number of para-hydroxylation sites is 1. The Kier molecular flexibility index (Phi) is 7.85. The number of aromatic nitrogens is 2. The van der Waals surface area contributed by atoms with E-state index in [1.54, 1.807) is 43.3 Å². The quantitative estimate of drug-likeness (QED) is 0.276. The van der Waals surface area contributed by atoms with E-state index < -0.39 is 15.8 Å². The van der Waals surface area contributed by atoms with Gasteiger partial charge in [0, 0.05) is 11.8 Å². The van der Waals surface area contributed by atoms with Crippen LogP contribution in [0.2, 0.25) is 5.02 Å². The van der Waals surface area contributed by atoms with Gasteiger partial charge in [0.15, 0.2) is 20.7 Å². The number of sulfone groups is 1. The Morgan fingerprint density at radius 1 is 1.21 bits per heavy atom. The Bertz CT molecular complexity index is 1370. The van der Waals surface area contributed by atoms with Crippen LogP contribution in [-0.4, -0.2) is 42.3 Å². The van der Waals surface area contributed by atoms with Crippen molar-refractivity contribution < 1.29 is 17.9 Å². The monoisotopic (exact) mass is 524 g/mol. The number of halogens is 2. The molecule has 0 amide bonds. The summed E-state index contributed by atoms with van der Waals surface area (Å²) in [6.45, 7) is 1.75. The zero-order valence-electron chi connectivity index (χ0n) is 17.5. The minimum Gasteiger partial charge on any atom is -0.461 e. The molecule has 1 aromatic heterocycles. The molecule has 2 aromatic carbocycles. The van der Waals surface area contributed by atoms with E-state index in [9.17, 15) is 13.2 Å². The molecule has 0 atom stereocenters. The number of carbonyl (C=O) groups is 1. The lowest BCUT2D eigenvalue weighted by atomic mass is 10.2. The van der Waals surface area contributed by atoms with Crippen molar-refractivity contribution in [2.45, 2.75) is 11.8 Å². The first-order chi connectivity index (χ1) is 15.6. The Morgan fingerprint density at radius 3 is 2.61 bits per heavy atom. The van der Waals surface area contributed by atoms with Crippen molar-refractivity contribution in [2.75, 3.05) is 12.9 Å². The topological polar surface area (TPSA) is 125 Å². The average molecular weight is 525 g/mol. The first-order valence-corrected chi connectivity index (χ1v) is 12.8. The van der Waals surface area contributed by atoms with Gasteiger partial charge in [-0.25, -0.2) is 23.2 Å². The normalized spacial score (nSPS) is 12.9. The molecule has 3 rings (SSSR count). The zero-order valence-corrected chi connectivity index (χ0v) is 20.6. The fraction of sp³-hybridized carbons (Fsp3) is 0.143. The number of carbonyl (C=O) groups excluding carboxylic acids is 1. The zero-order chi connectivity index (χ0) is 24.2. The van der Waals surface area contributed by atoms with Crippen molar-refractivity contribution in [3.63, 3.8) is 0 Å². The van der Waals surface area contributed by atoms with Crippen LogP contribution in [0.25, 0.3) is 11.4 Å². The third-order valence-electron chi connectivity index (χ3n) is 4.17. The highest BCUT2D eigenvalue weighted by Crippen LogP contribution is 2.29. The molecule has 3 aromatic rings. The number of hydrogen-bond donors (Lipinski definition) is 1. The number of rotatable bonds is 7. The number of nitrogens with two attached hydrogens (primary N) is 1. The van der Waals surface area contributed by atoms with Crippen molar-refractivity contribution >= 4 is 61.9 Å². The lowest BCUT2D eigenvalue weighted by Gasteiger charge is -2.07. The van der Waals surface area contributed by atoms with Crippen LogP contribution < -0.4 is 5.73 Å². The van der Waals surface area contributed by atoms with Crippen LogP contribution in [0.15, 0.2) is 69.1 Å². The van der Waals surface area contributed by atoms with Gasteiger partial charge in [-0.1, -0.05) is 47.5 Å². The van der Waals surface area contributed by atoms with Crippen molar-refractivity contribution in [3.05, 3.63) is 69.3 Å². The average Bonchev–Trinajstić information content (AvgIpc) is 3.27. The van der Waals surface area contributed by atoms with E-state index in [0.29, 0.717) is 16.3 Å². The second-order valence-corrected chi connectivity index (χ2v) is 10.1. The van der Waals surface area contributed by atoms with Crippen molar-refractivity contribution in [2.24, 2.45) is 10.7 Å². The van der Waals surface area contributed by atoms with E-state index in [2.05, 4.69) is 14.3 Å². The van der Waals surface area contributed by atoms with Crippen molar-refractivity contribution in [1.82, 2.24) is 9.36 Å². The van der Waals surface area contributed by atoms with Gasteiger partial charge in [-0.2, -0.15) is 4.37 Å². The largest absolute Gasteiger partial charge is 0.461 e. The van der Waals surface area contributed by atoms with Crippen LogP contribution in [0.5, 0.6) is 0 Å². The number of hydrogen-bond acceptors (Lipinski definition) is 9. The summed E-state index contributed by atoms with van der Waals surface area (Å²) in [7, 11) is -3.42. The molecule has 0 saturated heterocycles. The van der Waals surface area contributed by atoms with Gasteiger partial charge >= 0.3 is 5.97 Å². The molecule has 12 heteroatoms. The van der Waals surface area contributed by atoms with Crippen molar-refractivity contribution in [1.29, 1.82) is 0 Å². The van der Waals surface area contributed by atoms with Crippen LogP contribution in [-0.2, 0) is 19.4 Å². The van der Waals surface area contributed by atoms with Crippen LogP contribution >= 0.6 is 34.7 Å². The molecule has 0 spiro atoms. The predicted octanol–water partition coefficient (Wildman–Crippen LogP) is 4.36. The molecule has 0 unspecified atom stereocenters. The Balaban J connectivity index is 2.14. The standard InChI is InChI=1S/C21H18Cl2N4O4S2/c1-3-31-21(28)17(24)16(23)18(25-15-10-5-4-9-14(15)22)20-26-19(27-32-20)12-7-6-8-13(11-12)33(2,29)30/h4-11H,3,24H2,1-2H3. The molecule has 0 aliphatic rings. The van der Waals surface area contributed by atoms with Gasteiger partial charge in [0.05, 0.1) is 27.2 Å². The Morgan fingerprint density at radius 2 is 1.94 bits per heavy atom. The van der Waals surface area contributed by atoms with E-state index in [4.69, 9.17) is 33.7 Å². The molecule has 0 saturated carbocycles. The summed E-state index contributed by atoms with van der Waals surface area (Å²) in [4.78, 5) is 21.2. The second-order valence-electron chi connectivity index (χ2n) is 6.58. The molecule has 33 heavy (non-hydrogen) atoms. The summed E-state index contributed by atoms with van der Waals surface area (Å²) in [6.07, 6.45) is 1.11. The first kappa shape index (κ1) is 24.8. The summed E-state index contributed by atoms with van der Waals surface area (Å²) in [5.41, 5.74) is 6.49. The molecular weight excluding hydrogens is 507 g/mol. The highest BCUT2D eigenvalue weighted by atomic mass is 35.5. The summed E-state index contributed by atoms with van der Waals surface area (Å²) in [5.74, 6) is -0.550. The molecule has 0 aliphatic heterocycles. The van der Waals surface area contributed by atoms with Gasteiger partial charge in [-0.3, -0.25) is 0 Å². The van der Waals surface area contributed by atoms with E-state index in [0.717, 1.165) is 17.8 Å². The van der Waals surface area contributed by atoms with Crippen LogP contribution in [0, 0.1) is 0 Å². The third-order valence-corrected chi connectivity index (χ3v) is 6.71. The van der Waals surface area contributed by atoms with E-state index in [1.165, 1.54) is 12.1 Å². The molecule has 0 radical (unpaired) electrons. The predicted molar refractivity (Wildman–Crippen MR) is 130 cm³/mol. The summed E-state index contributed by atoms with van der Waals surface area (Å²) < 4.78 is 33.0. The fourth-order valence-electron chi connectivity index (χ4n) is 2.58. The second kappa shape index (κ2) is 10.4. The molecule has 8 nitrogen and oxygen atoms in total. The lowest BCUT2D eigenvalue weighted by molar-refractivity contribution is -0.138. The summed E-state index contributed by atoms with van der Waals surface area (Å²) in [5, 5.41) is 0.410. The number of allylic oxidation sites excluding steroid dienone is 1. The number of ether oxygens (including phenoxy) is 1. The molecule has 0 aliphatic carbocycles. The highest BCUT2D eigenvalue weighted by Gasteiger charge is 2.22. The SMILES string of the molecule is CCOC(=O)C(N)=C(Cl)C(=Nc1ccccc1Cl)c1nc(-c2cccc(S(C)(=O)=O)c2)ns1. The summed E-state index contributed by atoms with van der Waals surface area (Å²) in [6, 6.07) is 13.0. The lowest BCUT2D eigenvalue weighted by Crippen LogP contribution is -2.19. The number of aliphatic imine (C=N–C) groups is 1. The van der Waals surface area contributed by atoms with Gasteiger partial charge in [0.2, 0.25) is 0 Å². The molecule has 172 valence electrons. The van der Waals surface area contributed by atoms with Crippen LogP contribution in [0.1, 0.15) is 11.9 Å². The minimum atomic E-state index is -3.42. The molecule has 0 fully saturated rings. The minimum absolute atomic E-state index is 0.0679. The Hall–Kier alpha value is -2.79. The maximum Gasteiger partial charge on any atom is 0.355 e. The molecule has 1 heterocycles. The maximum atomic E-state index is 12.1. The van der Waals surface area contributed by atoms with E-state index in [1.807, 2.05) is 0 Å². The van der Waals surface area contributed by atoms with Gasteiger partial charge in [-0.15, -0.1) is 0 Å². The molecular formula is C21H18Cl2N4O4S2. The summed E-state index contributed by atoms with van der Waals surface area (Å²) >= 11 is 13.6. The van der Waals surface area contributed by atoms with Gasteiger partial charge in [-0.05, 0) is 42.7 Å². The van der Waals surface area contributed by atoms with E-state index >= 15 is 0 Å². The molecule has 2 N–H and O–H groups in total. The van der Waals surface area contributed by atoms with Gasteiger partial charge in [0.25, 0.3) is 0 Å². The van der Waals surface area contributed by atoms with Crippen molar-refractivity contribution in [3.8, 4) is 11.4 Å². The van der Waals surface area contributed by atoms with Gasteiger partial charge in [0.1, 0.15) is 11.4 Å². The maximum absolute atomic E-state index is 12.1. The Labute approximate surface area is 204 Å².